The Morgan fingerprint density at radius 1 is 1.20 bits per heavy atom. The highest BCUT2D eigenvalue weighted by molar-refractivity contribution is 5.82. The van der Waals surface area contributed by atoms with Crippen molar-refractivity contribution in [2.24, 2.45) is 11.1 Å². The summed E-state index contributed by atoms with van der Waals surface area (Å²) in [6.45, 7) is 9.79. The Morgan fingerprint density at radius 2 is 1.70 bits per heavy atom. The number of ether oxygens (including phenoxy) is 1. The van der Waals surface area contributed by atoms with Crippen LogP contribution in [0.15, 0.2) is 24.3 Å². The molecule has 0 heterocycles. The summed E-state index contributed by atoms with van der Waals surface area (Å²) >= 11 is 0. The Balaban J connectivity index is 3.19. The Kier molecular flexibility index (Phi) is 4.81. The first kappa shape index (κ1) is 16.5. The summed E-state index contributed by atoms with van der Waals surface area (Å²) < 4.78 is 5.35. The highest BCUT2D eigenvalue weighted by Gasteiger charge is 2.41. The topological polar surface area (TPSA) is 78.3 Å². The summed E-state index contributed by atoms with van der Waals surface area (Å²) in [6.07, 6.45) is 0.300. The lowest BCUT2D eigenvalue weighted by Crippen LogP contribution is -2.49. The maximum atomic E-state index is 12.5. The van der Waals surface area contributed by atoms with E-state index in [9.17, 15) is 4.79 Å². The van der Waals surface area contributed by atoms with Crippen LogP contribution in [0.2, 0.25) is 0 Å². The molecule has 0 unspecified atom stereocenters. The minimum atomic E-state index is -1.16. The minimum Gasteiger partial charge on any atom is -0.461 e. The fourth-order valence-electron chi connectivity index (χ4n) is 2.23. The molecule has 0 aliphatic heterocycles. The second-order valence-electron chi connectivity index (χ2n) is 6.78. The van der Waals surface area contributed by atoms with Crippen LogP contribution in [-0.4, -0.2) is 12.1 Å². The maximum Gasteiger partial charge on any atom is 0.331 e. The summed E-state index contributed by atoms with van der Waals surface area (Å²) in [4.78, 5) is 12.5. The minimum absolute atomic E-state index is 0.105. The molecule has 0 fully saturated rings. The SMILES string of the molecule is CC(C)OC(=O)[C@@](N)(CC(C)(C)C)c1ccc(N)cc1. The van der Waals surface area contributed by atoms with Crippen LogP contribution < -0.4 is 11.5 Å². The molecule has 0 amide bonds. The molecular weight excluding hydrogens is 252 g/mol. The van der Waals surface area contributed by atoms with E-state index in [2.05, 4.69) is 20.8 Å². The second-order valence-corrected chi connectivity index (χ2v) is 6.78. The van der Waals surface area contributed by atoms with Gasteiger partial charge >= 0.3 is 5.97 Å². The normalized spacial score (nSPS) is 14.9. The van der Waals surface area contributed by atoms with Crippen molar-refractivity contribution in [1.82, 2.24) is 0 Å². The quantitative estimate of drug-likeness (QED) is 0.655. The Labute approximate surface area is 121 Å². The molecule has 4 heteroatoms. The van der Waals surface area contributed by atoms with Gasteiger partial charge in [0.25, 0.3) is 0 Å². The molecule has 0 saturated carbocycles. The van der Waals surface area contributed by atoms with Crippen molar-refractivity contribution in [2.75, 3.05) is 5.73 Å². The number of hydrogen-bond acceptors (Lipinski definition) is 4. The largest absolute Gasteiger partial charge is 0.461 e. The number of nitrogens with two attached hydrogens (primary N) is 2. The second kappa shape index (κ2) is 5.83. The third kappa shape index (κ3) is 4.23. The van der Waals surface area contributed by atoms with E-state index in [4.69, 9.17) is 16.2 Å². The van der Waals surface area contributed by atoms with Crippen LogP contribution in [0.4, 0.5) is 5.69 Å². The molecule has 0 saturated heterocycles. The van der Waals surface area contributed by atoms with E-state index in [0.717, 1.165) is 5.56 Å². The Hall–Kier alpha value is -1.55. The van der Waals surface area contributed by atoms with E-state index in [1.165, 1.54) is 0 Å². The van der Waals surface area contributed by atoms with Gasteiger partial charge in [0.15, 0.2) is 0 Å². The fraction of sp³-hybridized carbons (Fsp3) is 0.562. The number of nitrogen functional groups attached to an aromatic ring is 1. The Bertz CT molecular complexity index is 460. The standard InChI is InChI=1S/C16H26N2O2/c1-11(2)20-14(19)16(18,10-15(3,4)5)12-6-8-13(17)9-7-12/h6-9,11H,10,17-18H2,1-5H3/t16-/m1/s1. The predicted molar refractivity (Wildman–Crippen MR) is 82.0 cm³/mol. The van der Waals surface area contributed by atoms with Gasteiger partial charge in [-0.1, -0.05) is 32.9 Å². The van der Waals surface area contributed by atoms with Gasteiger partial charge < -0.3 is 16.2 Å². The molecule has 1 atom stereocenters. The van der Waals surface area contributed by atoms with E-state index in [0.29, 0.717) is 12.1 Å². The zero-order chi connectivity index (χ0) is 15.6. The smallest absolute Gasteiger partial charge is 0.331 e. The number of hydrogen-bond donors (Lipinski definition) is 2. The van der Waals surface area contributed by atoms with Crippen molar-refractivity contribution >= 4 is 11.7 Å². The van der Waals surface area contributed by atoms with Crippen LogP contribution in [-0.2, 0) is 15.1 Å². The van der Waals surface area contributed by atoms with Crippen LogP contribution in [0, 0.1) is 5.41 Å². The molecule has 4 N–H and O–H groups in total. The zero-order valence-electron chi connectivity index (χ0n) is 13.1. The summed E-state index contributed by atoms with van der Waals surface area (Å²) in [5.74, 6) is -0.396. The molecule has 112 valence electrons. The highest BCUT2D eigenvalue weighted by atomic mass is 16.5. The van der Waals surface area contributed by atoms with Gasteiger partial charge in [-0.05, 0) is 43.4 Å². The molecular formula is C16H26N2O2. The van der Waals surface area contributed by atoms with Gasteiger partial charge in [-0.2, -0.15) is 0 Å². The lowest BCUT2D eigenvalue weighted by molar-refractivity contribution is -0.156. The van der Waals surface area contributed by atoms with Crippen molar-refractivity contribution in [2.45, 2.75) is 52.7 Å². The molecule has 0 aliphatic carbocycles. The van der Waals surface area contributed by atoms with Crippen LogP contribution >= 0.6 is 0 Å². The molecule has 0 aliphatic rings. The van der Waals surface area contributed by atoms with Crippen molar-refractivity contribution in [3.05, 3.63) is 29.8 Å². The predicted octanol–water partition coefficient (Wildman–Crippen LogP) is 2.81. The van der Waals surface area contributed by atoms with Crippen LogP contribution in [0.25, 0.3) is 0 Å². The number of anilines is 1. The van der Waals surface area contributed by atoms with Gasteiger partial charge in [-0.15, -0.1) is 0 Å². The van der Waals surface area contributed by atoms with E-state index >= 15 is 0 Å². The van der Waals surface area contributed by atoms with Gasteiger partial charge in [-0.25, -0.2) is 4.79 Å². The summed E-state index contributed by atoms with van der Waals surface area (Å²) in [5, 5.41) is 0. The molecule has 0 spiro atoms. The number of rotatable bonds is 4. The lowest BCUT2D eigenvalue weighted by Gasteiger charge is -2.34. The molecule has 1 aromatic rings. The first-order chi connectivity index (χ1) is 9.04. The Morgan fingerprint density at radius 3 is 2.10 bits per heavy atom. The molecule has 0 bridgehead atoms. The molecule has 0 aromatic heterocycles. The molecule has 4 nitrogen and oxygen atoms in total. The number of carbonyl (C=O) groups is 1. The van der Waals surface area contributed by atoms with E-state index in [1.807, 2.05) is 13.8 Å². The maximum absolute atomic E-state index is 12.5. The first-order valence-electron chi connectivity index (χ1n) is 6.90. The molecule has 20 heavy (non-hydrogen) atoms. The summed E-state index contributed by atoms with van der Waals surface area (Å²) in [6, 6.07) is 7.09. The van der Waals surface area contributed by atoms with E-state index in [-0.39, 0.29) is 11.5 Å². The zero-order valence-corrected chi connectivity index (χ0v) is 13.1. The van der Waals surface area contributed by atoms with Gasteiger partial charge in [0.1, 0.15) is 5.54 Å². The van der Waals surface area contributed by atoms with Crippen molar-refractivity contribution in [1.29, 1.82) is 0 Å². The monoisotopic (exact) mass is 278 g/mol. The van der Waals surface area contributed by atoms with Gasteiger partial charge in [0.2, 0.25) is 0 Å². The summed E-state index contributed by atoms with van der Waals surface area (Å²) in [5.41, 5.74) is 12.2. The third-order valence-electron chi connectivity index (χ3n) is 2.94. The number of esters is 1. The van der Waals surface area contributed by atoms with Gasteiger partial charge in [0, 0.05) is 5.69 Å². The highest BCUT2D eigenvalue weighted by Crippen LogP contribution is 2.34. The van der Waals surface area contributed by atoms with Crippen molar-refractivity contribution in [3.8, 4) is 0 Å². The van der Waals surface area contributed by atoms with Crippen molar-refractivity contribution in [3.63, 3.8) is 0 Å². The van der Waals surface area contributed by atoms with Crippen LogP contribution in [0.1, 0.15) is 46.6 Å². The van der Waals surface area contributed by atoms with E-state index < -0.39 is 11.5 Å². The van der Waals surface area contributed by atoms with Crippen LogP contribution in [0.5, 0.6) is 0 Å². The number of benzene rings is 1. The fourth-order valence-corrected chi connectivity index (χ4v) is 2.23. The van der Waals surface area contributed by atoms with Crippen LogP contribution in [0.3, 0.4) is 0 Å². The first-order valence-corrected chi connectivity index (χ1v) is 6.90. The van der Waals surface area contributed by atoms with Crippen molar-refractivity contribution < 1.29 is 9.53 Å². The molecule has 1 aromatic carbocycles. The molecule has 0 radical (unpaired) electrons. The lowest BCUT2D eigenvalue weighted by atomic mass is 9.76. The molecule has 1 rings (SSSR count). The summed E-state index contributed by atoms with van der Waals surface area (Å²) in [7, 11) is 0. The average Bonchev–Trinajstić information content (AvgIpc) is 2.26. The average molecular weight is 278 g/mol. The van der Waals surface area contributed by atoms with Gasteiger partial charge in [-0.3, -0.25) is 0 Å². The van der Waals surface area contributed by atoms with Gasteiger partial charge in [0.05, 0.1) is 6.10 Å². The third-order valence-corrected chi connectivity index (χ3v) is 2.94. The number of carbonyl (C=O) groups excluding carboxylic acids is 1. The van der Waals surface area contributed by atoms with E-state index in [1.54, 1.807) is 24.3 Å².